The molecule has 2 atom stereocenters. The van der Waals surface area contributed by atoms with E-state index in [0.717, 1.165) is 50.4 Å². The van der Waals surface area contributed by atoms with Gasteiger partial charge in [-0.2, -0.15) is 0 Å². The molecule has 2 heterocycles. The fraction of sp³-hybridized carbons (Fsp3) is 0.0789. The van der Waals surface area contributed by atoms with Gasteiger partial charge in [0, 0.05) is 46.0 Å². The number of fused-ring (bicyclic) bond motifs is 1. The Hall–Kier alpha value is -5.15. The minimum atomic E-state index is 0.348. The van der Waals surface area contributed by atoms with Gasteiger partial charge in [-0.05, 0) is 40.6 Å². The van der Waals surface area contributed by atoms with Crippen LogP contribution in [0.5, 0.6) is 0 Å². The molecule has 1 aliphatic rings. The largest absolute Gasteiger partial charge is 0.263 e. The maximum Gasteiger partial charge on any atom is 0.160 e. The van der Waals surface area contributed by atoms with Crippen LogP contribution >= 0.6 is 0 Å². The summed E-state index contributed by atoms with van der Waals surface area (Å²) in [4.78, 5) is 14.7. The molecule has 0 saturated carbocycles. The third-order valence-electron chi connectivity index (χ3n) is 7.87. The van der Waals surface area contributed by atoms with E-state index in [1.54, 1.807) is 0 Å². The van der Waals surface area contributed by atoms with Gasteiger partial charge in [0.15, 0.2) is 5.82 Å². The van der Waals surface area contributed by atoms with Gasteiger partial charge in [0.25, 0.3) is 0 Å². The van der Waals surface area contributed by atoms with E-state index in [9.17, 15) is 0 Å². The van der Waals surface area contributed by atoms with Crippen molar-refractivity contribution < 1.29 is 0 Å². The second kappa shape index (κ2) is 10.8. The van der Waals surface area contributed by atoms with Crippen molar-refractivity contribution in [3.63, 3.8) is 0 Å². The molecule has 0 saturated heterocycles. The molecule has 6 aromatic rings. The molecule has 196 valence electrons. The number of pyridine rings is 1. The Morgan fingerprint density at radius 2 is 1.24 bits per heavy atom. The Kier molecular flexibility index (Phi) is 6.54. The van der Waals surface area contributed by atoms with Crippen LogP contribution < -0.4 is 0 Å². The summed E-state index contributed by atoms with van der Waals surface area (Å²) >= 11 is 0. The highest BCUT2D eigenvalue weighted by molar-refractivity contribution is 5.96. The molecule has 0 spiro atoms. The number of aromatic nitrogens is 3. The molecule has 7 rings (SSSR count). The minimum Gasteiger partial charge on any atom is -0.263 e. The van der Waals surface area contributed by atoms with E-state index in [-0.39, 0.29) is 0 Å². The Labute approximate surface area is 240 Å². The summed E-state index contributed by atoms with van der Waals surface area (Å²) in [6.07, 6.45) is 12.7. The molecule has 0 fully saturated rings. The first-order chi connectivity index (χ1) is 20.2. The third-order valence-corrected chi connectivity index (χ3v) is 7.87. The Morgan fingerprint density at radius 3 is 2.07 bits per heavy atom. The highest BCUT2D eigenvalue weighted by Gasteiger charge is 2.18. The van der Waals surface area contributed by atoms with Crippen molar-refractivity contribution >= 4 is 10.8 Å². The number of hydrogen-bond donors (Lipinski definition) is 0. The van der Waals surface area contributed by atoms with Crippen molar-refractivity contribution in [1.82, 2.24) is 15.0 Å². The molecule has 3 nitrogen and oxygen atoms in total. The first-order valence-corrected chi connectivity index (χ1v) is 14.1. The van der Waals surface area contributed by atoms with E-state index in [4.69, 9.17) is 9.97 Å². The second-order valence-electron chi connectivity index (χ2n) is 10.6. The first kappa shape index (κ1) is 24.9. The normalized spacial score (nSPS) is 16.2. The highest BCUT2D eigenvalue weighted by atomic mass is 14.9. The summed E-state index contributed by atoms with van der Waals surface area (Å²) in [5, 5.41) is 2.31. The fourth-order valence-electron chi connectivity index (χ4n) is 5.69. The summed E-state index contributed by atoms with van der Waals surface area (Å²) in [7, 11) is 0. The van der Waals surface area contributed by atoms with E-state index in [2.05, 4.69) is 127 Å². The van der Waals surface area contributed by atoms with Crippen LogP contribution in [0.15, 0.2) is 146 Å². The summed E-state index contributed by atoms with van der Waals surface area (Å²) in [6.45, 7) is 2.27. The molecule has 0 bridgehead atoms. The fourth-order valence-corrected chi connectivity index (χ4v) is 5.69. The van der Waals surface area contributed by atoms with Gasteiger partial charge in [-0.15, -0.1) is 0 Å². The molecule has 4 aromatic carbocycles. The van der Waals surface area contributed by atoms with Crippen LogP contribution in [0.4, 0.5) is 0 Å². The van der Waals surface area contributed by atoms with Crippen molar-refractivity contribution in [2.45, 2.75) is 12.8 Å². The van der Waals surface area contributed by atoms with Crippen molar-refractivity contribution in [1.29, 1.82) is 0 Å². The van der Waals surface area contributed by atoms with Gasteiger partial charge in [0.05, 0.1) is 11.4 Å². The molecule has 41 heavy (non-hydrogen) atoms. The van der Waals surface area contributed by atoms with E-state index in [0.29, 0.717) is 11.8 Å². The number of hydrogen-bond acceptors (Lipinski definition) is 3. The average Bonchev–Trinajstić information content (AvgIpc) is 3.05. The van der Waals surface area contributed by atoms with Gasteiger partial charge < -0.3 is 0 Å². The van der Waals surface area contributed by atoms with Crippen molar-refractivity contribution in [2.24, 2.45) is 5.92 Å². The minimum absolute atomic E-state index is 0.348. The standard InChI is InChI=1S/C38H29N3/c1-26-11-5-7-19-33(26)28-15-9-17-30(21-28)36-23-37(41-38(40-36)27-12-3-2-4-13-27)31-18-10-16-29(22-31)35-25-39-24-32-14-6-8-20-34(32)35/h2-26,33H,1H3. The topological polar surface area (TPSA) is 38.7 Å². The van der Waals surface area contributed by atoms with Gasteiger partial charge in [-0.1, -0.05) is 122 Å². The molecule has 3 heteroatoms. The molecular weight excluding hydrogens is 498 g/mol. The highest BCUT2D eigenvalue weighted by Crippen LogP contribution is 2.35. The number of nitrogens with zero attached hydrogens (tertiary/aromatic N) is 3. The summed E-state index contributed by atoms with van der Waals surface area (Å²) in [5.74, 6) is 1.51. The molecule has 1 aliphatic carbocycles. The van der Waals surface area contributed by atoms with Crippen LogP contribution in [-0.2, 0) is 0 Å². The third kappa shape index (κ3) is 4.99. The molecule has 0 radical (unpaired) electrons. The molecule has 0 N–H and O–H groups in total. The Bertz CT molecular complexity index is 1910. The predicted molar refractivity (Wildman–Crippen MR) is 169 cm³/mol. The Balaban J connectivity index is 1.36. The quantitative estimate of drug-likeness (QED) is 0.224. The maximum absolute atomic E-state index is 5.07. The molecular formula is C38H29N3. The molecule has 2 unspecified atom stereocenters. The zero-order chi connectivity index (χ0) is 27.6. The summed E-state index contributed by atoms with van der Waals surface area (Å²) < 4.78 is 0. The van der Waals surface area contributed by atoms with Gasteiger partial charge in [0.1, 0.15) is 0 Å². The predicted octanol–water partition coefficient (Wildman–Crippen LogP) is 9.54. The first-order valence-electron chi connectivity index (χ1n) is 14.1. The summed E-state index contributed by atoms with van der Waals surface area (Å²) in [5.41, 5.74) is 8.45. The van der Waals surface area contributed by atoms with Crippen LogP contribution in [0.25, 0.3) is 55.8 Å². The lowest BCUT2D eigenvalue weighted by Crippen LogP contribution is -2.07. The maximum atomic E-state index is 5.07. The van der Waals surface area contributed by atoms with Crippen LogP contribution in [0.1, 0.15) is 18.4 Å². The van der Waals surface area contributed by atoms with E-state index in [1.165, 1.54) is 10.9 Å². The van der Waals surface area contributed by atoms with Crippen molar-refractivity contribution in [2.75, 3.05) is 0 Å². The lowest BCUT2D eigenvalue weighted by atomic mass is 9.83. The zero-order valence-electron chi connectivity index (χ0n) is 22.9. The van der Waals surface area contributed by atoms with Gasteiger partial charge in [-0.25, -0.2) is 9.97 Å². The van der Waals surface area contributed by atoms with Crippen LogP contribution in [0, 0.1) is 5.92 Å². The molecule has 0 aliphatic heterocycles. The number of benzene rings is 4. The van der Waals surface area contributed by atoms with Crippen LogP contribution in [0.2, 0.25) is 0 Å². The average molecular weight is 528 g/mol. The van der Waals surface area contributed by atoms with Crippen LogP contribution in [0.3, 0.4) is 0 Å². The van der Waals surface area contributed by atoms with Crippen LogP contribution in [-0.4, -0.2) is 15.0 Å². The second-order valence-corrected chi connectivity index (χ2v) is 10.6. The molecule has 2 aromatic heterocycles. The lowest BCUT2D eigenvalue weighted by Gasteiger charge is -2.21. The van der Waals surface area contributed by atoms with E-state index < -0.39 is 0 Å². The van der Waals surface area contributed by atoms with Crippen molar-refractivity contribution in [3.8, 4) is 45.0 Å². The van der Waals surface area contributed by atoms with Crippen molar-refractivity contribution in [3.05, 3.63) is 151 Å². The van der Waals surface area contributed by atoms with E-state index in [1.807, 2.05) is 30.6 Å². The lowest BCUT2D eigenvalue weighted by molar-refractivity contribution is 0.635. The van der Waals surface area contributed by atoms with Gasteiger partial charge in [-0.3, -0.25) is 4.98 Å². The monoisotopic (exact) mass is 527 g/mol. The van der Waals surface area contributed by atoms with Gasteiger partial charge in [0.2, 0.25) is 0 Å². The number of allylic oxidation sites excluding steroid dienone is 4. The SMILES string of the molecule is CC1C=CC=CC1c1cccc(-c2cc(-c3cccc(-c4cncc5ccccc45)c3)nc(-c3ccccc3)n2)c1. The zero-order valence-corrected chi connectivity index (χ0v) is 22.9. The number of rotatable bonds is 5. The van der Waals surface area contributed by atoms with Gasteiger partial charge >= 0.3 is 0 Å². The van der Waals surface area contributed by atoms with E-state index >= 15 is 0 Å². The molecule has 0 amide bonds. The summed E-state index contributed by atoms with van der Waals surface area (Å²) in [6, 6.07) is 38.1. The smallest absolute Gasteiger partial charge is 0.160 e. The Morgan fingerprint density at radius 1 is 0.561 bits per heavy atom.